The average molecular weight is 222 g/mol. The molecular weight excluding hydrogens is 196 g/mol. The van der Waals surface area contributed by atoms with Gasteiger partial charge in [0.15, 0.2) is 0 Å². The third kappa shape index (κ3) is 13.0. The molecule has 0 saturated carbocycles. The number of rotatable bonds is 10. The highest BCUT2D eigenvalue weighted by Gasteiger charge is 1.88. The molecule has 0 aliphatic heterocycles. The predicted octanol–water partition coefficient (Wildman–Crippen LogP) is 5.31. The van der Waals surface area contributed by atoms with Crippen LogP contribution in [0.3, 0.4) is 0 Å². The van der Waals surface area contributed by atoms with Gasteiger partial charge < -0.3 is 5.11 Å². The molecule has 0 atom stereocenters. The third-order valence-electron chi connectivity index (χ3n) is 2.53. The van der Waals surface area contributed by atoms with Crippen molar-refractivity contribution in [3.63, 3.8) is 0 Å². The van der Waals surface area contributed by atoms with Crippen molar-refractivity contribution in [2.24, 2.45) is 0 Å². The monoisotopic (exact) mass is 222 g/mol. The van der Waals surface area contributed by atoms with Crippen molar-refractivity contribution >= 4 is 0 Å². The number of unbranched alkanes of at least 4 members (excludes halogenated alkanes) is 7. The van der Waals surface area contributed by atoms with Crippen LogP contribution in [0.2, 0.25) is 0 Å². The molecule has 0 spiro atoms. The van der Waals surface area contributed by atoms with Crippen LogP contribution in [0.1, 0.15) is 58.3 Å². The van der Waals surface area contributed by atoms with E-state index in [-0.39, 0.29) is 0 Å². The summed E-state index contributed by atoms with van der Waals surface area (Å²) in [6.45, 7) is 2.25. The lowest BCUT2D eigenvalue weighted by Gasteiger charge is -1.98. The van der Waals surface area contributed by atoms with Crippen molar-refractivity contribution in [1.29, 1.82) is 0 Å². The largest absolute Gasteiger partial charge is 0.516 e. The van der Waals surface area contributed by atoms with E-state index >= 15 is 0 Å². The van der Waals surface area contributed by atoms with Crippen molar-refractivity contribution in [2.45, 2.75) is 58.3 Å². The zero-order valence-corrected chi connectivity index (χ0v) is 10.6. The van der Waals surface area contributed by atoms with Gasteiger partial charge in [0.25, 0.3) is 0 Å². The van der Waals surface area contributed by atoms with Crippen molar-refractivity contribution in [2.75, 3.05) is 0 Å². The lowest BCUT2D eigenvalue weighted by atomic mass is 10.1. The van der Waals surface area contributed by atoms with Crippen molar-refractivity contribution < 1.29 is 5.11 Å². The fraction of sp³-hybridized carbons (Fsp3) is 0.600. The SMILES string of the molecule is CCCCCCCCC/C=C/C=C/C=C/O. The molecule has 0 aliphatic carbocycles. The zero-order chi connectivity index (χ0) is 11.9. The maximum absolute atomic E-state index is 8.37. The van der Waals surface area contributed by atoms with Crippen LogP contribution in [0.15, 0.2) is 36.6 Å². The van der Waals surface area contributed by atoms with Gasteiger partial charge in [0.1, 0.15) is 0 Å². The van der Waals surface area contributed by atoms with Crippen LogP contribution in [-0.4, -0.2) is 5.11 Å². The predicted molar refractivity (Wildman–Crippen MR) is 72.7 cm³/mol. The molecule has 0 amide bonds. The standard InChI is InChI=1S/C15H26O/c1-2-3-4-5-6-7-8-9-10-11-12-13-14-15-16/h10-16H,2-9H2,1H3/b11-10+,13-12+,15-14+. The van der Waals surface area contributed by atoms with Gasteiger partial charge in [-0.2, -0.15) is 0 Å². The van der Waals surface area contributed by atoms with Crippen LogP contribution in [-0.2, 0) is 0 Å². The summed E-state index contributed by atoms with van der Waals surface area (Å²) in [6.07, 6.45) is 21.4. The molecule has 0 heterocycles. The first-order valence-electron chi connectivity index (χ1n) is 6.54. The maximum atomic E-state index is 8.37. The van der Waals surface area contributed by atoms with Crippen LogP contribution in [0.4, 0.5) is 0 Å². The summed E-state index contributed by atoms with van der Waals surface area (Å²) in [7, 11) is 0. The van der Waals surface area contributed by atoms with Gasteiger partial charge in [-0.1, -0.05) is 69.8 Å². The van der Waals surface area contributed by atoms with Gasteiger partial charge in [-0.3, -0.25) is 0 Å². The second-order valence-electron chi connectivity index (χ2n) is 4.06. The highest BCUT2D eigenvalue weighted by Crippen LogP contribution is 2.08. The quantitative estimate of drug-likeness (QED) is 0.301. The Labute approximate surface area is 101 Å². The van der Waals surface area contributed by atoms with Gasteiger partial charge in [-0.25, -0.2) is 0 Å². The van der Waals surface area contributed by atoms with E-state index in [4.69, 9.17) is 5.11 Å². The summed E-state index contributed by atoms with van der Waals surface area (Å²) in [6, 6.07) is 0. The minimum Gasteiger partial charge on any atom is -0.516 e. The molecule has 0 radical (unpaired) electrons. The molecule has 0 aliphatic rings. The molecule has 1 heteroatoms. The molecule has 0 fully saturated rings. The fourth-order valence-electron chi connectivity index (χ4n) is 1.57. The van der Waals surface area contributed by atoms with Crippen LogP contribution >= 0.6 is 0 Å². The molecule has 1 N–H and O–H groups in total. The molecule has 0 bridgehead atoms. The molecule has 0 aromatic rings. The van der Waals surface area contributed by atoms with E-state index in [0.29, 0.717) is 0 Å². The first-order valence-corrected chi connectivity index (χ1v) is 6.54. The van der Waals surface area contributed by atoms with E-state index in [2.05, 4.69) is 13.0 Å². The van der Waals surface area contributed by atoms with E-state index < -0.39 is 0 Å². The van der Waals surface area contributed by atoms with E-state index in [0.717, 1.165) is 6.26 Å². The molecular formula is C15H26O. The topological polar surface area (TPSA) is 20.2 Å². The number of hydrogen-bond acceptors (Lipinski definition) is 1. The molecule has 92 valence electrons. The van der Waals surface area contributed by atoms with Crippen LogP contribution in [0.5, 0.6) is 0 Å². The Hall–Kier alpha value is -0.980. The van der Waals surface area contributed by atoms with Gasteiger partial charge in [0, 0.05) is 0 Å². The Bertz CT molecular complexity index is 201. The maximum Gasteiger partial charge on any atom is 0.0791 e. The summed E-state index contributed by atoms with van der Waals surface area (Å²) < 4.78 is 0. The minimum absolute atomic E-state index is 1.04. The molecule has 16 heavy (non-hydrogen) atoms. The molecule has 0 aromatic carbocycles. The molecule has 1 nitrogen and oxygen atoms in total. The Kier molecular flexibility index (Phi) is 13.2. The second-order valence-corrected chi connectivity index (χ2v) is 4.06. The van der Waals surface area contributed by atoms with Crippen LogP contribution in [0.25, 0.3) is 0 Å². The summed E-state index contributed by atoms with van der Waals surface area (Å²) in [4.78, 5) is 0. The number of allylic oxidation sites excluding steroid dienone is 5. The van der Waals surface area contributed by atoms with Gasteiger partial charge in [0.2, 0.25) is 0 Å². The number of aliphatic hydroxyl groups excluding tert-OH is 1. The van der Waals surface area contributed by atoms with Crippen molar-refractivity contribution in [3.05, 3.63) is 36.6 Å². The third-order valence-corrected chi connectivity index (χ3v) is 2.53. The molecule has 0 aromatic heterocycles. The van der Waals surface area contributed by atoms with E-state index in [1.165, 1.54) is 51.4 Å². The number of aliphatic hydroxyl groups is 1. The smallest absolute Gasteiger partial charge is 0.0791 e. The Morgan fingerprint density at radius 3 is 2.06 bits per heavy atom. The van der Waals surface area contributed by atoms with E-state index in [9.17, 15) is 0 Å². The molecule has 0 rings (SSSR count). The molecule has 0 saturated heterocycles. The molecule has 0 unspecified atom stereocenters. The number of hydrogen-bond donors (Lipinski definition) is 1. The Morgan fingerprint density at radius 1 is 0.750 bits per heavy atom. The second kappa shape index (κ2) is 14.0. The minimum atomic E-state index is 1.04. The summed E-state index contributed by atoms with van der Waals surface area (Å²) in [5, 5.41) is 8.37. The summed E-state index contributed by atoms with van der Waals surface area (Å²) >= 11 is 0. The van der Waals surface area contributed by atoms with Crippen LogP contribution in [0, 0.1) is 0 Å². The van der Waals surface area contributed by atoms with Crippen molar-refractivity contribution in [1.82, 2.24) is 0 Å². The van der Waals surface area contributed by atoms with Gasteiger partial charge >= 0.3 is 0 Å². The summed E-state index contributed by atoms with van der Waals surface area (Å²) in [5.41, 5.74) is 0. The Morgan fingerprint density at radius 2 is 1.38 bits per heavy atom. The normalized spacial score (nSPS) is 12.3. The first kappa shape index (κ1) is 15.0. The summed E-state index contributed by atoms with van der Waals surface area (Å²) in [5.74, 6) is 0. The zero-order valence-electron chi connectivity index (χ0n) is 10.6. The van der Waals surface area contributed by atoms with Gasteiger partial charge in [0.05, 0.1) is 6.26 Å². The van der Waals surface area contributed by atoms with Gasteiger partial charge in [-0.15, -0.1) is 0 Å². The lowest BCUT2D eigenvalue weighted by Crippen LogP contribution is -1.78. The van der Waals surface area contributed by atoms with Gasteiger partial charge in [-0.05, 0) is 18.9 Å². The fourth-order valence-corrected chi connectivity index (χ4v) is 1.57. The highest BCUT2D eigenvalue weighted by molar-refractivity contribution is 5.09. The first-order chi connectivity index (χ1) is 7.91. The highest BCUT2D eigenvalue weighted by atomic mass is 16.2. The Balaban J connectivity index is 3.14. The van der Waals surface area contributed by atoms with E-state index in [1.54, 1.807) is 6.08 Å². The van der Waals surface area contributed by atoms with Crippen molar-refractivity contribution in [3.8, 4) is 0 Å². The van der Waals surface area contributed by atoms with Crippen LogP contribution < -0.4 is 0 Å². The average Bonchev–Trinajstić information content (AvgIpc) is 2.31. The lowest BCUT2D eigenvalue weighted by molar-refractivity contribution is 0.474. The van der Waals surface area contributed by atoms with E-state index in [1.807, 2.05) is 18.2 Å².